The molecule has 0 bridgehead atoms. The molecule has 196 valence electrons. The van der Waals surface area contributed by atoms with Crippen molar-refractivity contribution in [2.75, 3.05) is 10.6 Å². The van der Waals surface area contributed by atoms with Crippen molar-refractivity contribution in [3.63, 3.8) is 0 Å². The van der Waals surface area contributed by atoms with Gasteiger partial charge in [-0.25, -0.2) is 0 Å². The topological polar surface area (TPSA) is 122 Å². The fourth-order valence-electron chi connectivity index (χ4n) is 5.12. The fraction of sp³-hybridized carbons (Fsp3) is 0.360. The molecule has 1 atom stereocenters. The maximum Gasteiger partial charge on any atom is 0.471 e. The molecule has 8 nitrogen and oxygen atoms in total. The van der Waals surface area contributed by atoms with Crippen LogP contribution in [0.4, 0.5) is 24.5 Å². The van der Waals surface area contributed by atoms with E-state index in [-0.39, 0.29) is 11.5 Å². The van der Waals surface area contributed by atoms with E-state index in [1.165, 1.54) is 0 Å². The average Bonchev–Trinajstić information content (AvgIpc) is 2.82. The number of hydrogen-bond donors (Lipinski definition) is 2. The molecule has 0 saturated carbocycles. The predicted molar refractivity (Wildman–Crippen MR) is 130 cm³/mol. The second-order valence-electron chi connectivity index (χ2n) is 9.03. The van der Waals surface area contributed by atoms with Gasteiger partial charge in [0.15, 0.2) is 11.6 Å². The molecule has 4 rings (SSSR count). The van der Waals surface area contributed by atoms with Crippen molar-refractivity contribution in [1.29, 1.82) is 0 Å². The monoisotopic (exact) mass is 535 g/mol. The molecule has 1 aliphatic carbocycles. The van der Waals surface area contributed by atoms with Crippen LogP contribution in [0.15, 0.2) is 51.8 Å². The largest absolute Gasteiger partial charge is 0.471 e. The van der Waals surface area contributed by atoms with Gasteiger partial charge in [-0.2, -0.15) is 21.6 Å². The highest BCUT2D eigenvalue weighted by atomic mass is 32.2. The highest BCUT2D eigenvalue weighted by molar-refractivity contribution is 7.90. The summed E-state index contributed by atoms with van der Waals surface area (Å²) >= 11 is 0. The number of nitrogens with one attached hydrogen (secondary N) is 2. The van der Waals surface area contributed by atoms with E-state index in [9.17, 15) is 36.0 Å². The molecule has 0 saturated heterocycles. The number of fused-ring (bicyclic) bond motifs is 2. The lowest BCUT2D eigenvalue weighted by Gasteiger charge is -2.41. The average molecular weight is 536 g/mol. The van der Waals surface area contributed by atoms with Crippen LogP contribution in [-0.4, -0.2) is 37.9 Å². The SMILES string of the molecule is CCCC1(CCC)C(=O)C(C2=NS(=O)(=O)c3cc(NC(=O)C(F)(F)F)ccc3N2)C(=O)c2ccccc21. The summed E-state index contributed by atoms with van der Waals surface area (Å²) in [5, 5.41) is 4.34. The molecule has 0 fully saturated rings. The van der Waals surface area contributed by atoms with Crippen molar-refractivity contribution in [2.45, 2.75) is 56.0 Å². The number of rotatable bonds is 6. The van der Waals surface area contributed by atoms with Crippen LogP contribution >= 0.6 is 0 Å². The van der Waals surface area contributed by atoms with Crippen LogP contribution in [0.5, 0.6) is 0 Å². The van der Waals surface area contributed by atoms with Gasteiger partial charge in [-0.1, -0.05) is 51.0 Å². The molecule has 2 aromatic rings. The lowest BCUT2D eigenvalue weighted by Crippen LogP contribution is -2.52. The summed E-state index contributed by atoms with van der Waals surface area (Å²) in [6, 6.07) is 9.85. The van der Waals surface area contributed by atoms with Crippen LogP contribution < -0.4 is 10.6 Å². The quantitative estimate of drug-likeness (QED) is 0.521. The van der Waals surface area contributed by atoms with Gasteiger partial charge in [-0.05, 0) is 36.6 Å². The number of nitrogens with zero attached hydrogens (tertiary/aromatic N) is 1. The minimum atomic E-state index is -5.17. The van der Waals surface area contributed by atoms with Crippen LogP contribution in [0.2, 0.25) is 0 Å². The lowest BCUT2D eigenvalue weighted by molar-refractivity contribution is -0.167. The van der Waals surface area contributed by atoms with Crippen LogP contribution in [0.1, 0.15) is 55.5 Å². The number of benzene rings is 2. The Kier molecular flexibility index (Phi) is 6.74. The van der Waals surface area contributed by atoms with Crippen molar-refractivity contribution in [3.8, 4) is 0 Å². The molecule has 2 N–H and O–H groups in total. The van der Waals surface area contributed by atoms with E-state index >= 15 is 0 Å². The Bertz CT molecular complexity index is 1430. The zero-order valence-corrected chi connectivity index (χ0v) is 20.8. The van der Waals surface area contributed by atoms with Gasteiger partial charge in [0.05, 0.1) is 11.1 Å². The highest BCUT2D eigenvalue weighted by Gasteiger charge is 2.53. The summed E-state index contributed by atoms with van der Waals surface area (Å²) < 4.78 is 67.6. The van der Waals surface area contributed by atoms with Gasteiger partial charge in [0, 0.05) is 11.3 Å². The smallest absolute Gasteiger partial charge is 0.341 e. The van der Waals surface area contributed by atoms with Crippen LogP contribution in [0, 0.1) is 5.92 Å². The second-order valence-corrected chi connectivity index (χ2v) is 10.6. The summed E-state index contributed by atoms with van der Waals surface area (Å²) in [6.45, 7) is 3.84. The summed E-state index contributed by atoms with van der Waals surface area (Å²) in [4.78, 5) is 38.3. The van der Waals surface area contributed by atoms with Crippen molar-refractivity contribution in [2.24, 2.45) is 10.3 Å². The molecule has 37 heavy (non-hydrogen) atoms. The Morgan fingerprint density at radius 2 is 1.73 bits per heavy atom. The first kappa shape index (κ1) is 26.5. The molecule has 0 radical (unpaired) electrons. The first-order valence-electron chi connectivity index (χ1n) is 11.7. The second kappa shape index (κ2) is 9.40. The molecule has 1 heterocycles. The molecular weight excluding hydrogens is 511 g/mol. The summed E-state index contributed by atoms with van der Waals surface area (Å²) in [6.07, 6.45) is -2.96. The summed E-state index contributed by atoms with van der Waals surface area (Å²) in [7, 11) is -4.53. The molecule has 2 aliphatic rings. The predicted octanol–water partition coefficient (Wildman–Crippen LogP) is 4.62. The molecule has 0 aromatic heterocycles. The first-order valence-corrected chi connectivity index (χ1v) is 13.1. The number of Topliss-reactive ketones (excluding diaryl/α,β-unsaturated/α-hetero) is 2. The number of carbonyl (C=O) groups is 3. The van der Waals surface area contributed by atoms with Crippen molar-refractivity contribution in [3.05, 3.63) is 53.6 Å². The Hall–Kier alpha value is -3.54. The van der Waals surface area contributed by atoms with E-state index in [1.807, 2.05) is 13.8 Å². The fourth-order valence-corrected chi connectivity index (χ4v) is 6.31. The van der Waals surface area contributed by atoms with Crippen LogP contribution in [0.25, 0.3) is 0 Å². The van der Waals surface area contributed by atoms with E-state index in [2.05, 4.69) is 9.71 Å². The van der Waals surface area contributed by atoms with E-state index in [1.54, 1.807) is 29.6 Å². The van der Waals surface area contributed by atoms with E-state index in [0.29, 0.717) is 36.8 Å². The molecule has 2 aromatic carbocycles. The molecular formula is C25H24F3N3O5S. The van der Waals surface area contributed by atoms with Crippen molar-refractivity contribution >= 4 is 44.7 Å². The zero-order chi connectivity index (χ0) is 27.2. The van der Waals surface area contributed by atoms with Gasteiger partial charge in [0.2, 0.25) is 0 Å². The normalized spacial score (nSPS) is 19.8. The van der Waals surface area contributed by atoms with E-state index in [0.717, 1.165) is 18.2 Å². The number of ketones is 2. The third-order valence-electron chi connectivity index (χ3n) is 6.59. The maximum absolute atomic E-state index is 14.0. The number of hydrogen-bond acceptors (Lipinski definition) is 6. The number of carbonyl (C=O) groups excluding carboxylic acids is 3. The summed E-state index contributed by atoms with van der Waals surface area (Å²) in [5.74, 6) is -5.15. The Morgan fingerprint density at radius 1 is 1.08 bits per heavy atom. The maximum atomic E-state index is 14.0. The number of sulfonamides is 1. The molecule has 12 heteroatoms. The van der Waals surface area contributed by atoms with Crippen molar-refractivity contribution in [1.82, 2.24) is 0 Å². The minimum absolute atomic E-state index is 0.0777. The van der Waals surface area contributed by atoms with Gasteiger partial charge >= 0.3 is 12.1 Å². The van der Waals surface area contributed by atoms with E-state index < -0.39 is 55.6 Å². The third kappa shape index (κ3) is 4.54. The van der Waals surface area contributed by atoms with Gasteiger partial charge in [0.1, 0.15) is 16.6 Å². The van der Waals surface area contributed by atoms with E-state index in [4.69, 9.17) is 0 Å². The lowest BCUT2D eigenvalue weighted by atomic mass is 9.60. The van der Waals surface area contributed by atoms with Crippen LogP contribution in [-0.2, 0) is 25.0 Å². The summed E-state index contributed by atoms with van der Waals surface area (Å²) in [5.41, 5.74) is -0.542. The molecule has 1 aliphatic heterocycles. The molecule has 1 amide bonds. The van der Waals surface area contributed by atoms with Crippen LogP contribution in [0.3, 0.4) is 0 Å². The zero-order valence-electron chi connectivity index (χ0n) is 20.0. The number of anilines is 2. The Balaban J connectivity index is 1.78. The minimum Gasteiger partial charge on any atom is -0.341 e. The van der Waals surface area contributed by atoms with Gasteiger partial charge in [0.25, 0.3) is 10.0 Å². The van der Waals surface area contributed by atoms with Gasteiger partial charge in [-0.15, -0.1) is 4.40 Å². The third-order valence-corrected chi connectivity index (χ3v) is 7.92. The Morgan fingerprint density at radius 3 is 2.35 bits per heavy atom. The number of alkyl halides is 3. The molecule has 1 unspecified atom stereocenters. The number of halogens is 3. The van der Waals surface area contributed by atoms with Crippen molar-refractivity contribution < 1.29 is 36.0 Å². The Labute approximate surface area is 211 Å². The first-order chi connectivity index (χ1) is 17.4. The van der Waals surface area contributed by atoms with Gasteiger partial charge in [-0.3, -0.25) is 14.4 Å². The molecule has 0 spiro atoms. The standard InChI is InChI=1S/C25H24F3N3O5S/c1-3-11-24(12-4-2)16-8-6-5-7-15(16)20(32)19(21(24)33)22-30-17-10-9-14(29-23(34)25(26,27)28)13-18(17)37(35,36)31-22/h5-10,13,19H,3-4,11-12H2,1-2H3,(H,29,34)(H,30,31). The highest BCUT2D eigenvalue weighted by Crippen LogP contribution is 2.45. The number of amidine groups is 1. The number of amides is 1. The van der Waals surface area contributed by atoms with Gasteiger partial charge < -0.3 is 10.6 Å².